The fourth-order valence-corrected chi connectivity index (χ4v) is 2.79. The molecule has 2 rings (SSSR count). The standard InChI is InChI=1S/C17H18BrF2N/c1-2-6-21-17(8-12-4-3-5-15(19)7-12)13-9-14(18)11-16(20)10-13/h3-5,7,9-11,17,21H,2,6,8H2,1H3. The van der Waals surface area contributed by atoms with Crippen molar-refractivity contribution in [2.75, 3.05) is 6.54 Å². The quantitative estimate of drug-likeness (QED) is 0.769. The zero-order valence-corrected chi connectivity index (χ0v) is 13.5. The minimum Gasteiger partial charge on any atom is -0.310 e. The van der Waals surface area contributed by atoms with E-state index in [1.807, 2.05) is 12.1 Å². The van der Waals surface area contributed by atoms with E-state index in [2.05, 4.69) is 28.2 Å². The Morgan fingerprint density at radius 2 is 1.90 bits per heavy atom. The molecule has 0 spiro atoms. The van der Waals surface area contributed by atoms with Gasteiger partial charge in [0, 0.05) is 10.5 Å². The van der Waals surface area contributed by atoms with Crippen molar-refractivity contribution in [2.45, 2.75) is 25.8 Å². The molecule has 1 nitrogen and oxygen atoms in total. The van der Waals surface area contributed by atoms with Crippen molar-refractivity contribution in [3.05, 3.63) is 69.7 Å². The third kappa shape index (κ3) is 4.90. The van der Waals surface area contributed by atoms with Gasteiger partial charge in [-0.2, -0.15) is 0 Å². The van der Waals surface area contributed by atoms with Gasteiger partial charge in [-0.25, -0.2) is 8.78 Å². The summed E-state index contributed by atoms with van der Waals surface area (Å²) in [5, 5.41) is 3.40. The van der Waals surface area contributed by atoms with Gasteiger partial charge in [0.2, 0.25) is 0 Å². The van der Waals surface area contributed by atoms with Gasteiger partial charge in [-0.15, -0.1) is 0 Å². The van der Waals surface area contributed by atoms with E-state index in [1.165, 1.54) is 24.3 Å². The molecule has 21 heavy (non-hydrogen) atoms. The SMILES string of the molecule is CCCNC(Cc1cccc(F)c1)c1cc(F)cc(Br)c1. The fourth-order valence-electron chi connectivity index (χ4n) is 2.30. The molecule has 0 aromatic heterocycles. The highest BCUT2D eigenvalue weighted by molar-refractivity contribution is 9.10. The summed E-state index contributed by atoms with van der Waals surface area (Å²) in [6.45, 7) is 2.90. The van der Waals surface area contributed by atoms with Crippen molar-refractivity contribution in [3.63, 3.8) is 0 Å². The minimum atomic E-state index is -0.276. The Bertz CT molecular complexity index is 581. The smallest absolute Gasteiger partial charge is 0.124 e. The molecule has 2 aromatic carbocycles. The summed E-state index contributed by atoms with van der Waals surface area (Å²) in [7, 11) is 0. The van der Waals surface area contributed by atoms with Crippen molar-refractivity contribution in [1.82, 2.24) is 5.32 Å². The zero-order chi connectivity index (χ0) is 15.2. The van der Waals surface area contributed by atoms with Gasteiger partial charge >= 0.3 is 0 Å². The lowest BCUT2D eigenvalue weighted by Crippen LogP contribution is -2.24. The number of benzene rings is 2. The molecule has 0 aliphatic carbocycles. The lowest BCUT2D eigenvalue weighted by Gasteiger charge is -2.20. The van der Waals surface area contributed by atoms with E-state index in [0.29, 0.717) is 10.9 Å². The second-order valence-electron chi connectivity index (χ2n) is 5.04. The van der Waals surface area contributed by atoms with Crippen LogP contribution in [-0.2, 0) is 6.42 Å². The largest absolute Gasteiger partial charge is 0.310 e. The van der Waals surface area contributed by atoms with Gasteiger partial charge in [0.15, 0.2) is 0 Å². The van der Waals surface area contributed by atoms with E-state index >= 15 is 0 Å². The van der Waals surface area contributed by atoms with Crippen LogP contribution in [0.5, 0.6) is 0 Å². The molecule has 4 heteroatoms. The number of halogens is 3. The average molecular weight is 354 g/mol. The molecule has 2 aromatic rings. The second-order valence-corrected chi connectivity index (χ2v) is 5.96. The maximum absolute atomic E-state index is 13.6. The highest BCUT2D eigenvalue weighted by Gasteiger charge is 2.13. The first kappa shape index (κ1) is 16.1. The molecule has 0 fully saturated rings. The third-order valence-electron chi connectivity index (χ3n) is 3.26. The van der Waals surface area contributed by atoms with Crippen LogP contribution in [0.15, 0.2) is 46.9 Å². The van der Waals surface area contributed by atoms with Crippen LogP contribution >= 0.6 is 15.9 Å². The lowest BCUT2D eigenvalue weighted by atomic mass is 9.98. The van der Waals surface area contributed by atoms with Crippen LogP contribution in [0, 0.1) is 11.6 Å². The van der Waals surface area contributed by atoms with Crippen molar-refractivity contribution >= 4 is 15.9 Å². The highest BCUT2D eigenvalue weighted by Crippen LogP contribution is 2.24. The van der Waals surface area contributed by atoms with Gasteiger partial charge in [-0.05, 0) is 60.8 Å². The maximum atomic E-state index is 13.6. The molecule has 1 N–H and O–H groups in total. The Morgan fingerprint density at radius 3 is 2.57 bits per heavy atom. The molecule has 112 valence electrons. The molecule has 0 radical (unpaired) electrons. The van der Waals surface area contributed by atoms with Crippen LogP contribution < -0.4 is 5.32 Å². The molecule has 0 aliphatic heterocycles. The van der Waals surface area contributed by atoms with Crippen LogP contribution in [-0.4, -0.2) is 6.54 Å². The first-order chi connectivity index (χ1) is 10.1. The Hall–Kier alpha value is -1.26. The predicted octanol–water partition coefficient (Wildman–Crippen LogP) is 5.01. The predicted molar refractivity (Wildman–Crippen MR) is 85.2 cm³/mol. The molecule has 0 aliphatic rings. The Labute approximate surface area is 132 Å². The van der Waals surface area contributed by atoms with E-state index in [4.69, 9.17) is 0 Å². The maximum Gasteiger partial charge on any atom is 0.124 e. The first-order valence-electron chi connectivity index (χ1n) is 7.02. The normalized spacial score (nSPS) is 12.4. The van der Waals surface area contributed by atoms with Crippen LogP contribution in [0.1, 0.15) is 30.5 Å². The second kappa shape index (κ2) is 7.66. The first-order valence-corrected chi connectivity index (χ1v) is 7.81. The van der Waals surface area contributed by atoms with Crippen molar-refractivity contribution in [1.29, 1.82) is 0 Å². The number of rotatable bonds is 6. The molecule has 0 heterocycles. The van der Waals surface area contributed by atoms with Crippen LogP contribution in [0.2, 0.25) is 0 Å². The average Bonchev–Trinajstić information content (AvgIpc) is 2.42. The molecule has 0 saturated carbocycles. The minimum absolute atomic E-state index is 0.0428. The monoisotopic (exact) mass is 353 g/mol. The van der Waals surface area contributed by atoms with E-state index in [1.54, 1.807) is 6.07 Å². The van der Waals surface area contributed by atoms with Crippen LogP contribution in [0.4, 0.5) is 8.78 Å². The van der Waals surface area contributed by atoms with Crippen molar-refractivity contribution in [3.8, 4) is 0 Å². The Balaban J connectivity index is 2.25. The summed E-state index contributed by atoms with van der Waals surface area (Å²) in [4.78, 5) is 0. The van der Waals surface area contributed by atoms with Crippen LogP contribution in [0.25, 0.3) is 0 Å². The molecule has 0 bridgehead atoms. The molecule has 1 atom stereocenters. The summed E-state index contributed by atoms with van der Waals surface area (Å²) in [6.07, 6.45) is 1.60. The molecular weight excluding hydrogens is 336 g/mol. The van der Waals surface area contributed by atoms with Gasteiger partial charge in [0.25, 0.3) is 0 Å². The van der Waals surface area contributed by atoms with E-state index in [0.717, 1.165) is 24.1 Å². The third-order valence-corrected chi connectivity index (χ3v) is 3.71. The van der Waals surface area contributed by atoms with Gasteiger partial charge in [0.1, 0.15) is 11.6 Å². The fraction of sp³-hybridized carbons (Fsp3) is 0.294. The summed E-state index contributed by atoms with van der Waals surface area (Å²) < 4.78 is 27.6. The molecule has 1 unspecified atom stereocenters. The van der Waals surface area contributed by atoms with Gasteiger partial charge in [-0.3, -0.25) is 0 Å². The van der Waals surface area contributed by atoms with E-state index in [-0.39, 0.29) is 17.7 Å². The number of hydrogen-bond acceptors (Lipinski definition) is 1. The van der Waals surface area contributed by atoms with E-state index < -0.39 is 0 Å². The van der Waals surface area contributed by atoms with Crippen molar-refractivity contribution in [2.24, 2.45) is 0 Å². The highest BCUT2D eigenvalue weighted by atomic mass is 79.9. The molecule has 0 amide bonds. The zero-order valence-electron chi connectivity index (χ0n) is 11.9. The molecule has 0 saturated heterocycles. The number of nitrogens with one attached hydrogen (secondary N) is 1. The number of hydrogen-bond donors (Lipinski definition) is 1. The Morgan fingerprint density at radius 1 is 1.10 bits per heavy atom. The topological polar surface area (TPSA) is 12.0 Å². The van der Waals surface area contributed by atoms with Crippen molar-refractivity contribution < 1.29 is 8.78 Å². The van der Waals surface area contributed by atoms with E-state index in [9.17, 15) is 8.78 Å². The molecular formula is C17H18BrF2N. The lowest BCUT2D eigenvalue weighted by molar-refractivity contribution is 0.522. The van der Waals surface area contributed by atoms with Gasteiger partial charge in [0.05, 0.1) is 0 Å². The summed E-state index contributed by atoms with van der Waals surface area (Å²) in [6, 6.07) is 11.3. The summed E-state index contributed by atoms with van der Waals surface area (Å²) in [5.41, 5.74) is 1.75. The van der Waals surface area contributed by atoms with Gasteiger partial charge < -0.3 is 5.32 Å². The van der Waals surface area contributed by atoms with Crippen LogP contribution in [0.3, 0.4) is 0 Å². The Kier molecular flexibility index (Phi) is 5.88. The van der Waals surface area contributed by atoms with Gasteiger partial charge in [-0.1, -0.05) is 35.0 Å². The summed E-state index contributed by atoms with van der Waals surface area (Å²) >= 11 is 3.32. The summed E-state index contributed by atoms with van der Waals surface area (Å²) in [5.74, 6) is -0.524.